The van der Waals surface area contributed by atoms with Crippen LogP contribution in [0.1, 0.15) is 39.0 Å². The molecule has 0 aliphatic carbocycles. The zero-order chi connectivity index (χ0) is 10.8. The zero-order valence-corrected chi connectivity index (χ0v) is 10.3. The number of rotatable bonds is 8. The Morgan fingerprint density at radius 2 is 2.14 bits per heavy atom. The lowest BCUT2D eigenvalue weighted by Gasteiger charge is -2.08. The van der Waals surface area contributed by atoms with E-state index in [0.717, 1.165) is 25.7 Å². The van der Waals surface area contributed by atoms with Crippen LogP contribution in [0.2, 0.25) is 0 Å². The van der Waals surface area contributed by atoms with E-state index in [-0.39, 0.29) is 12.6 Å². The van der Waals surface area contributed by atoms with Gasteiger partial charge in [0.1, 0.15) is 0 Å². The number of hydrogen-bond donors (Lipinski definition) is 1. The summed E-state index contributed by atoms with van der Waals surface area (Å²) in [5.74, 6) is -0.126. The van der Waals surface area contributed by atoms with E-state index in [4.69, 9.17) is 9.84 Å². The van der Waals surface area contributed by atoms with E-state index in [1.54, 1.807) is 0 Å². The van der Waals surface area contributed by atoms with Crippen LogP contribution in [0.15, 0.2) is 0 Å². The van der Waals surface area contributed by atoms with Gasteiger partial charge in [-0.2, -0.15) is 0 Å². The molecule has 1 atom stereocenters. The first-order chi connectivity index (χ1) is 6.70. The van der Waals surface area contributed by atoms with Crippen molar-refractivity contribution in [1.29, 1.82) is 0 Å². The fourth-order valence-electron chi connectivity index (χ4n) is 1.13. The molecule has 0 radical (unpaired) electrons. The van der Waals surface area contributed by atoms with Crippen molar-refractivity contribution < 1.29 is 14.6 Å². The van der Waals surface area contributed by atoms with Crippen LogP contribution in [-0.4, -0.2) is 29.1 Å². The lowest BCUT2D eigenvalue weighted by Crippen LogP contribution is -2.07. The van der Waals surface area contributed by atoms with Gasteiger partial charge in [-0.05, 0) is 26.2 Å². The van der Waals surface area contributed by atoms with Gasteiger partial charge in [0.15, 0.2) is 0 Å². The number of carbonyl (C=O) groups is 1. The van der Waals surface area contributed by atoms with Crippen molar-refractivity contribution in [2.24, 2.45) is 0 Å². The topological polar surface area (TPSA) is 46.5 Å². The van der Waals surface area contributed by atoms with Crippen molar-refractivity contribution in [3.8, 4) is 0 Å². The molecule has 0 aromatic heterocycles. The molecule has 0 amide bonds. The molecule has 0 aliphatic heterocycles. The Labute approximate surface area is 94.0 Å². The number of carbonyl (C=O) groups excluding carboxylic acids is 1. The predicted molar refractivity (Wildman–Crippen MR) is 59.5 cm³/mol. The summed E-state index contributed by atoms with van der Waals surface area (Å²) in [6, 6.07) is 0. The third-order valence-electron chi connectivity index (χ3n) is 1.89. The second-order valence-electron chi connectivity index (χ2n) is 3.16. The lowest BCUT2D eigenvalue weighted by molar-refractivity contribution is -0.143. The van der Waals surface area contributed by atoms with Gasteiger partial charge < -0.3 is 9.84 Å². The zero-order valence-electron chi connectivity index (χ0n) is 8.67. The van der Waals surface area contributed by atoms with Gasteiger partial charge in [-0.25, -0.2) is 0 Å². The molecule has 3 nitrogen and oxygen atoms in total. The van der Waals surface area contributed by atoms with Gasteiger partial charge in [0.25, 0.3) is 0 Å². The molecule has 0 bridgehead atoms. The number of aliphatic hydroxyl groups is 1. The maximum atomic E-state index is 11.0. The van der Waals surface area contributed by atoms with E-state index < -0.39 is 0 Å². The Hall–Kier alpha value is -0.0900. The fourth-order valence-corrected chi connectivity index (χ4v) is 1.68. The van der Waals surface area contributed by atoms with Crippen LogP contribution in [0.4, 0.5) is 0 Å². The molecular weight excluding hydrogens is 248 g/mol. The maximum Gasteiger partial charge on any atom is 0.305 e. The van der Waals surface area contributed by atoms with Crippen LogP contribution in [0, 0.1) is 0 Å². The average Bonchev–Trinajstić information content (AvgIpc) is 2.16. The monoisotopic (exact) mass is 266 g/mol. The number of aliphatic hydroxyl groups excluding tert-OH is 1. The van der Waals surface area contributed by atoms with E-state index >= 15 is 0 Å². The normalized spacial score (nSPS) is 12.5. The number of unbranched alkanes of at least 4 members (excludes halogenated alkanes) is 1. The molecule has 0 saturated carbocycles. The molecule has 1 unspecified atom stereocenters. The van der Waals surface area contributed by atoms with Crippen LogP contribution in [-0.2, 0) is 9.53 Å². The molecule has 0 saturated heterocycles. The first kappa shape index (κ1) is 13.9. The number of esters is 1. The third-order valence-corrected chi connectivity index (χ3v) is 2.81. The second kappa shape index (κ2) is 9.46. The highest BCUT2D eigenvalue weighted by Crippen LogP contribution is 2.15. The summed E-state index contributed by atoms with van der Waals surface area (Å²) in [5, 5.41) is 8.58. The van der Waals surface area contributed by atoms with Crippen LogP contribution in [0.5, 0.6) is 0 Å². The molecule has 4 heteroatoms. The summed E-state index contributed by atoms with van der Waals surface area (Å²) in [6.45, 7) is 2.51. The van der Waals surface area contributed by atoms with E-state index in [1.807, 2.05) is 6.92 Å². The highest BCUT2D eigenvalue weighted by Gasteiger charge is 2.08. The minimum absolute atomic E-state index is 0.126. The molecule has 0 rings (SSSR count). The summed E-state index contributed by atoms with van der Waals surface area (Å²) in [6.07, 6.45) is 4.11. The Morgan fingerprint density at radius 3 is 2.71 bits per heavy atom. The molecular formula is C10H19BrO3. The minimum Gasteiger partial charge on any atom is -0.466 e. The lowest BCUT2D eigenvalue weighted by atomic mass is 10.1. The Morgan fingerprint density at radius 1 is 1.43 bits per heavy atom. The summed E-state index contributed by atoms with van der Waals surface area (Å²) in [7, 11) is 0. The number of ether oxygens (including phenoxy) is 1. The van der Waals surface area contributed by atoms with Crippen molar-refractivity contribution in [2.45, 2.75) is 43.9 Å². The minimum atomic E-state index is -0.126. The molecule has 0 aliphatic rings. The number of alkyl halides is 1. The molecule has 0 aromatic rings. The molecule has 0 aromatic carbocycles. The molecule has 0 fully saturated rings. The van der Waals surface area contributed by atoms with E-state index in [0.29, 0.717) is 17.9 Å². The predicted octanol–water partition coefficient (Wildman–Crippen LogP) is 2.26. The van der Waals surface area contributed by atoms with Gasteiger partial charge in [-0.15, -0.1) is 0 Å². The SMILES string of the molecule is CCOC(=O)CCC(Br)CCCCO. The van der Waals surface area contributed by atoms with Crippen LogP contribution >= 0.6 is 15.9 Å². The average molecular weight is 267 g/mol. The Kier molecular flexibility index (Phi) is 9.40. The van der Waals surface area contributed by atoms with Gasteiger partial charge in [0.05, 0.1) is 6.61 Å². The van der Waals surface area contributed by atoms with Crippen molar-refractivity contribution in [3.63, 3.8) is 0 Å². The van der Waals surface area contributed by atoms with Crippen LogP contribution < -0.4 is 0 Å². The highest BCUT2D eigenvalue weighted by molar-refractivity contribution is 9.09. The fraction of sp³-hybridized carbons (Fsp3) is 0.900. The number of halogens is 1. The molecule has 84 valence electrons. The summed E-state index contributed by atoms with van der Waals surface area (Å²) < 4.78 is 4.82. The highest BCUT2D eigenvalue weighted by atomic mass is 79.9. The van der Waals surface area contributed by atoms with Crippen molar-refractivity contribution in [1.82, 2.24) is 0 Å². The van der Waals surface area contributed by atoms with Gasteiger partial charge in [0.2, 0.25) is 0 Å². The van der Waals surface area contributed by atoms with Gasteiger partial charge in [-0.1, -0.05) is 22.4 Å². The van der Waals surface area contributed by atoms with Crippen molar-refractivity contribution in [3.05, 3.63) is 0 Å². The number of hydrogen-bond acceptors (Lipinski definition) is 3. The molecule has 0 spiro atoms. The first-order valence-corrected chi connectivity index (χ1v) is 6.02. The van der Waals surface area contributed by atoms with Gasteiger partial charge >= 0.3 is 5.97 Å². The molecule has 1 N–H and O–H groups in total. The Balaban J connectivity index is 3.33. The smallest absolute Gasteiger partial charge is 0.305 e. The largest absolute Gasteiger partial charge is 0.466 e. The van der Waals surface area contributed by atoms with Crippen LogP contribution in [0.25, 0.3) is 0 Å². The quantitative estimate of drug-likeness (QED) is 0.417. The molecule has 0 heterocycles. The van der Waals surface area contributed by atoms with E-state index in [2.05, 4.69) is 15.9 Å². The second-order valence-corrected chi connectivity index (χ2v) is 4.46. The summed E-state index contributed by atoms with van der Waals surface area (Å²) >= 11 is 3.50. The Bertz CT molecular complexity index is 150. The van der Waals surface area contributed by atoms with E-state index in [1.165, 1.54) is 0 Å². The van der Waals surface area contributed by atoms with Crippen LogP contribution in [0.3, 0.4) is 0 Å². The summed E-state index contributed by atoms with van der Waals surface area (Å²) in [4.78, 5) is 11.4. The van der Waals surface area contributed by atoms with Crippen molar-refractivity contribution >= 4 is 21.9 Å². The van der Waals surface area contributed by atoms with Gasteiger partial charge in [0, 0.05) is 17.9 Å². The summed E-state index contributed by atoms with van der Waals surface area (Å²) in [5.41, 5.74) is 0. The molecule has 14 heavy (non-hydrogen) atoms. The van der Waals surface area contributed by atoms with Gasteiger partial charge in [-0.3, -0.25) is 4.79 Å². The van der Waals surface area contributed by atoms with Crippen molar-refractivity contribution in [2.75, 3.05) is 13.2 Å². The van der Waals surface area contributed by atoms with E-state index in [9.17, 15) is 4.79 Å². The third kappa shape index (κ3) is 8.51. The first-order valence-electron chi connectivity index (χ1n) is 5.11. The maximum absolute atomic E-state index is 11.0. The standard InChI is InChI=1S/C10H19BrO3/c1-2-14-10(13)7-6-9(11)5-3-4-8-12/h9,12H,2-8H2,1H3.